The van der Waals surface area contributed by atoms with Crippen molar-refractivity contribution in [2.24, 2.45) is 5.92 Å². The number of rotatable bonds is 3. The number of nitrogens with zero attached hydrogens (tertiary/aromatic N) is 2. The van der Waals surface area contributed by atoms with Gasteiger partial charge in [0.05, 0.1) is 6.20 Å². The van der Waals surface area contributed by atoms with Gasteiger partial charge < -0.3 is 9.67 Å². The summed E-state index contributed by atoms with van der Waals surface area (Å²) in [5.74, 6) is -0.553. The molecule has 0 aromatic carbocycles. The van der Waals surface area contributed by atoms with Gasteiger partial charge in [0.25, 0.3) is 0 Å². The third kappa shape index (κ3) is 2.30. The number of carbonyl (C=O) groups is 1. The van der Waals surface area contributed by atoms with Gasteiger partial charge in [0.2, 0.25) is 0 Å². The minimum atomic E-state index is -0.946. The summed E-state index contributed by atoms with van der Waals surface area (Å²) in [4.78, 5) is 14.6. The third-order valence-corrected chi connectivity index (χ3v) is 2.21. The Kier molecular flexibility index (Phi) is 3.08. The van der Waals surface area contributed by atoms with Crippen LogP contribution in [0.1, 0.15) is 24.3 Å². The van der Waals surface area contributed by atoms with Crippen LogP contribution in [0.15, 0.2) is 10.9 Å². The van der Waals surface area contributed by atoms with E-state index in [1.807, 2.05) is 13.8 Å². The quantitative estimate of drug-likeness (QED) is 0.888. The second kappa shape index (κ2) is 3.91. The molecule has 0 spiro atoms. The lowest BCUT2D eigenvalue weighted by atomic mass is 10.2. The second-order valence-corrected chi connectivity index (χ2v) is 3.93. The molecule has 1 aromatic rings. The standard InChI is InChI=1S/C8H11BrN2O2/c1-5(2)4-11-6(7(12)13)3-10-8(11)9/h3,5H,4H2,1-2H3,(H,12,13). The zero-order valence-electron chi connectivity index (χ0n) is 7.49. The van der Waals surface area contributed by atoms with Crippen LogP contribution in [-0.2, 0) is 6.54 Å². The summed E-state index contributed by atoms with van der Waals surface area (Å²) in [6, 6.07) is 0. The molecule has 4 nitrogen and oxygen atoms in total. The molecule has 0 atom stereocenters. The molecule has 5 heteroatoms. The molecular weight excluding hydrogens is 236 g/mol. The average Bonchev–Trinajstić information content (AvgIpc) is 2.32. The van der Waals surface area contributed by atoms with Crippen LogP contribution in [0.5, 0.6) is 0 Å². The van der Waals surface area contributed by atoms with Crippen LogP contribution in [0.4, 0.5) is 0 Å². The molecule has 72 valence electrons. The number of imidazole rings is 1. The van der Waals surface area contributed by atoms with Crippen LogP contribution >= 0.6 is 15.9 Å². The van der Waals surface area contributed by atoms with Gasteiger partial charge in [0.1, 0.15) is 5.69 Å². The minimum absolute atomic E-state index is 0.223. The van der Waals surface area contributed by atoms with E-state index >= 15 is 0 Å². The van der Waals surface area contributed by atoms with Crippen molar-refractivity contribution in [2.75, 3.05) is 0 Å². The van der Waals surface area contributed by atoms with Crippen molar-refractivity contribution >= 4 is 21.9 Å². The van der Waals surface area contributed by atoms with Crippen molar-refractivity contribution in [3.63, 3.8) is 0 Å². The zero-order chi connectivity index (χ0) is 10.0. The van der Waals surface area contributed by atoms with Gasteiger partial charge in [-0.1, -0.05) is 13.8 Å². The fourth-order valence-electron chi connectivity index (χ4n) is 1.06. The van der Waals surface area contributed by atoms with Gasteiger partial charge in [-0.25, -0.2) is 9.78 Å². The summed E-state index contributed by atoms with van der Waals surface area (Å²) < 4.78 is 2.21. The Morgan fingerprint density at radius 2 is 2.38 bits per heavy atom. The maximum Gasteiger partial charge on any atom is 0.354 e. The fraction of sp³-hybridized carbons (Fsp3) is 0.500. The topological polar surface area (TPSA) is 55.1 Å². The molecule has 0 amide bonds. The Bertz CT molecular complexity index is 320. The number of aromatic carboxylic acids is 1. The normalized spacial score (nSPS) is 10.8. The first kappa shape index (κ1) is 10.2. The van der Waals surface area contributed by atoms with Crippen LogP contribution in [0.3, 0.4) is 0 Å². The molecule has 1 heterocycles. The smallest absolute Gasteiger partial charge is 0.354 e. The Hall–Kier alpha value is -0.840. The summed E-state index contributed by atoms with van der Waals surface area (Å²) >= 11 is 3.20. The van der Waals surface area contributed by atoms with Crippen molar-refractivity contribution in [3.05, 3.63) is 16.6 Å². The lowest BCUT2D eigenvalue weighted by molar-refractivity contribution is 0.0684. The molecule has 0 radical (unpaired) electrons. The summed E-state index contributed by atoms with van der Waals surface area (Å²) in [6.45, 7) is 4.71. The molecule has 0 aliphatic rings. The lowest BCUT2D eigenvalue weighted by Gasteiger charge is -2.08. The monoisotopic (exact) mass is 246 g/mol. The Labute approximate surface area is 84.7 Å². The van der Waals surface area contributed by atoms with E-state index in [4.69, 9.17) is 5.11 Å². The minimum Gasteiger partial charge on any atom is -0.477 e. The van der Waals surface area contributed by atoms with Crippen molar-refractivity contribution < 1.29 is 9.90 Å². The predicted molar refractivity (Wildman–Crippen MR) is 51.7 cm³/mol. The molecule has 13 heavy (non-hydrogen) atoms. The van der Waals surface area contributed by atoms with Crippen molar-refractivity contribution in [1.29, 1.82) is 0 Å². The van der Waals surface area contributed by atoms with Crippen molar-refractivity contribution in [2.45, 2.75) is 20.4 Å². The molecule has 0 aliphatic carbocycles. The summed E-state index contributed by atoms with van der Waals surface area (Å²) in [7, 11) is 0. The van der Waals surface area contributed by atoms with Crippen LogP contribution < -0.4 is 0 Å². The summed E-state index contributed by atoms with van der Waals surface area (Å²) in [6.07, 6.45) is 1.36. The highest BCUT2D eigenvalue weighted by atomic mass is 79.9. The van der Waals surface area contributed by atoms with Gasteiger partial charge >= 0.3 is 5.97 Å². The highest BCUT2D eigenvalue weighted by Crippen LogP contribution is 2.14. The van der Waals surface area contributed by atoms with Gasteiger partial charge in [-0.2, -0.15) is 0 Å². The van der Waals surface area contributed by atoms with Crippen LogP contribution in [-0.4, -0.2) is 20.6 Å². The third-order valence-electron chi connectivity index (χ3n) is 1.57. The van der Waals surface area contributed by atoms with Crippen molar-refractivity contribution in [3.8, 4) is 0 Å². The molecule has 0 fully saturated rings. The summed E-state index contributed by atoms with van der Waals surface area (Å²) in [5, 5.41) is 8.81. The fourth-order valence-corrected chi connectivity index (χ4v) is 1.50. The zero-order valence-corrected chi connectivity index (χ0v) is 9.08. The highest BCUT2D eigenvalue weighted by molar-refractivity contribution is 9.10. The van der Waals surface area contributed by atoms with E-state index in [1.165, 1.54) is 6.20 Å². The largest absolute Gasteiger partial charge is 0.477 e. The number of halogens is 1. The van der Waals surface area contributed by atoms with Crippen molar-refractivity contribution in [1.82, 2.24) is 9.55 Å². The van der Waals surface area contributed by atoms with Gasteiger partial charge in [-0.15, -0.1) is 0 Å². The van der Waals surface area contributed by atoms with Gasteiger partial charge in [-0.05, 0) is 21.8 Å². The van der Waals surface area contributed by atoms with Crippen LogP contribution in [0.25, 0.3) is 0 Å². The molecule has 1 aromatic heterocycles. The molecule has 1 rings (SSSR count). The SMILES string of the molecule is CC(C)Cn1c(C(=O)O)cnc1Br. The van der Waals surface area contributed by atoms with E-state index in [2.05, 4.69) is 20.9 Å². The molecule has 0 unspecified atom stereocenters. The van der Waals surface area contributed by atoms with E-state index in [0.717, 1.165) is 0 Å². The molecular formula is C8H11BrN2O2. The van der Waals surface area contributed by atoms with Crippen LogP contribution in [0.2, 0.25) is 0 Å². The Balaban J connectivity index is 3.01. The summed E-state index contributed by atoms with van der Waals surface area (Å²) in [5.41, 5.74) is 0.223. The average molecular weight is 247 g/mol. The number of hydrogen-bond donors (Lipinski definition) is 1. The van der Waals surface area contributed by atoms with E-state index < -0.39 is 5.97 Å². The Morgan fingerprint density at radius 1 is 1.77 bits per heavy atom. The maximum absolute atomic E-state index is 10.7. The molecule has 1 N–H and O–H groups in total. The number of carboxylic acid groups (broad SMARTS) is 1. The van der Waals surface area contributed by atoms with E-state index in [-0.39, 0.29) is 5.69 Å². The predicted octanol–water partition coefficient (Wildman–Crippen LogP) is 2.00. The first-order valence-corrected chi connectivity index (χ1v) is 4.76. The maximum atomic E-state index is 10.7. The molecule has 0 saturated heterocycles. The Morgan fingerprint density at radius 3 is 2.85 bits per heavy atom. The number of hydrogen-bond acceptors (Lipinski definition) is 2. The van der Waals surface area contributed by atoms with E-state index in [0.29, 0.717) is 17.2 Å². The van der Waals surface area contributed by atoms with E-state index in [1.54, 1.807) is 4.57 Å². The first-order valence-electron chi connectivity index (χ1n) is 3.96. The van der Waals surface area contributed by atoms with E-state index in [9.17, 15) is 4.79 Å². The first-order chi connectivity index (χ1) is 6.02. The number of carboxylic acids is 1. The molecule has 0 saturated carbocycles. The van der Waals surface area contributed by atoms with Gasteiger partial charge in [-0.3, -0.25) is 0 Å². The lowest BCUT2D eigenvalue weighted by Crippen LogP contribution is -2.12. The second-order valence-electron chi connectivity index (χ2n) is 3.22. The van der Waals surface area contributed by atoms with Gasteiger partial charge in [0, 0.05) is 6.54 Å². The molecule has 0 aliphatic heterocycles. The molecule has 0 bridgehead atoms. The number of aromatic nitrogens is 2. The van der Waals surface area contributed by atoms with Crippen LogP contribution in [0, 0.1) is 5.92 Å². The van der Waals surface area contributed by atoms with Gasteiger partial charge in [0.15, 0.2) is 4.73 Å². The highest BCUT2D eigenvalue weighted by Gasteiger charge is 2.14.